The van der Waals surface area contributed by atoms with Gasteiger partial charge in [-0.05, 0) is 30.2 Å². The van der Waals surface area contributed by atoms with Crippen LogP contribution in [0.25, 0.3) is 5.57 Å². The topological polar surface area (TPSA) is 49.8 Å². The Morgan fingerprint density at radius 2 is 2.24 bits per heavy atom. The van der Waals surface area contributed by atoms with E-state index in [0.717, 1.165) is 16.9 Å². The van der Waals surface area contributed by atoms with Crippen molar-refractivity contribution in [2.24, 2.45) is 0 Å². The number of hydrogen-bond donors (Lipinski definition) is 1. The van der Waals surface area contributed by atoms with Crippen molar-refractivity contribution in [3.05, 3.63) is 36.4 Å². The lowest BCUT2D eigenvalue weighted by Gasteiger charge is -2.15. The first-order valence-electron chi connectivity index (χ1n) is 5.39. The molecule has 1 aromatic rings. The van der Waals surface area contributed by atoms with Crippen molar-refractivity contribution in [3.63, 3.8) is 0 Å². The van der Waals surface area contributed by atoms with Crippen LogP contribution in [0.4, 0.5) is 4.79 Å². The monoisotopic (exact) mass is 235 g/mol. The normalized spacial score (nSPS) is 9.76. The molecule has 0 bridgehead atoms. The summed E-state index contributed by atoms with van der Waals surface area (Å²) in [7, 11) is 1.51. The van der Waals surface area contributed by atoms with E-state index >= 15 is 0 Å². The quantitative estimate of drug-likeness (QED) is 0.853. The van der Waals surface area contributed by atoms with Crippen LogP contribution in [0.2, 0.25) is 0 Å². The molecule has 0 saturated heterocycles. The molecule has 1 aromatic carbocycles. The molecule has 17 heavy (non-hydrogen) atoms. The Morgan fingerprint density at radius 1 is 1.53 bits per heavy atom. The lowest BCUT2D eigenvalue weighted by Crippen LogP contribution is -2.26. The zero-order chi connectivity index (χ0) is 12.8. The van der Waals surface area contributed by atoms with Gasteiger partial charge < -0.3 is 14.7 Å². The van der Waals surface area contributed by atoms with Gasteiger partial charge in [-0.25, -0.2) is 4.79 Å². The molecule has 0 spiro atoms. The van der Waals surface area contributed by atoms with Gasteiger partial charge in [0.2, 0.25) is 0 Å². The maximum absolute atomic E-state index is 10.7. The van der Waals surface area contributed by atoms with Crippen LogP contribution in [0.5, 0.6) is 5.75 Å². The second kappa shape index (κ2) is 5.94. The van der Waals surface area contributed by atoms with Crippen molar-refractivity contribution in [2.45, 2.75) is 6.92 Å². The Bertz CT molecular complexity index is 415. The van der Waals surface area contributed by atoms with Crippen LogP contribution in [-0.2, 0) is 0 Å². The Balaban J connectivity index is 2.75. The standard InChI is InChI=1S/C13H17NO3/c1-4-17-12-7-5-6-11(8-12)10(2)9-14(3)13(15)16/h5-8H,2,4,9H2,1,3H3,(H,15,16). The van der Waals surface area contributed by atoms with E-state index in [0.29, 0.717) is 6.61 Å². The van der Waals surface area contributed by atoms with E-state index < -0.39 is 6.09 Å². The van der Waals surface area contributed by atoms with Crippen molar-refractivity contribution in [1.29, 1.82) is 0 Å². The van der Waals surface area contributed by atoms with Gasteiger partial charge in [-0.1, -0.05) is 18.7 Å². The minimum atomic E-state index is -0.966. The van der Waals surface area contributed by atoms with Gasteiger partial charge in [0, 0.05) is 13.6 Å². The average molecular weight is 235 g/mol. The SMILES string of the molecule is C=C(CN(C)C(=O)O)c1cccc(OCC)c1. The number of carboxylic acid groups (broad SMARTS) is 1. The van der Waals surface area contributed by atoms with E-state index in [9.17, 15) is 4.79 Å². The number of rotatable bonds is 5. The molecule has 4 nitrogen and oxygen atoms in total. The van der Waals surface area contributed by atoms with Gasteiger partial charge in [0.05, 0.1) is 6.61 Å². The highest BCUT2D eigenvalue weighted by Gasteiger charge is 2.08. The van der Waals surface area contributed by atoms with Gasteiger partial charge in [0.25, 0.3) is 0 Å². The van der Waals surface area contributed by atoms with Gasteiger partial charge in [0.1, 0.15) is 5.75 Å². The maximum Gasteiger partial charge on any atom is 0.407 e. The summed E-state index contributed by atoms with van der Waals surface area (Å²) >= 11 is 0. The fourth-order valence-electron chi connectivity index (χ4n) is 1.42. The van der Waals surface area contributed by atoms with Crippen molar-refractivity contribution in [1.82, 2.24) is 4.90 Å². The van der Waals surface area contributed by atoms with Gasteiger partial charge in [-0.3, -0.25) is 0 Å². The van der Waals surface area contributed by atoms with Crippen molar-refractivity contribution in [2.75, 3.05) is 20.2 Å². The van der Waals surface area contributed by atoms with Crippen LogP contribution in [0.15, 0.2) is 30.8 Å². The third kappa shape index (κ3) is 3.83. The molecule has 0 aliphatic heterocycles. The van der Waals surface area contributed by atoms with Crippen LogP contribution in [0, 0.1) is 0 Å². The second-order valence-electron chi connectivity index (χ2n) is 3.70. The van der Waals surface area contributed by atoms with Crippen LogP contribution in [0.3, 0.4) is 0 Å². The molecule has 0 atom stereocenters. The number of nitrogens with zero attached hydrogens (tertiary/aromatic N) is 1. The molecular weight excluding hydrogens is 218 g/mol. The highest BCUT2D eigenvalue weighted by Crippen LogP contribution is 2.19. The summed E-state index contributed by atoms with van der Waals surface area (Å²) in [5, 5.41) is 8.78. The number of hydrogen-bond acceptors (Lipinski definition) is 2. The Morgan fingerprint density at radius 3 is 2.82 bits per heavy atom. The first-order valence-corrected chi connectivity index (χ1v) is 5.39. The summed E-state index contributed by atoms with van der Waals surface area (Å²) in [5.41, 5.74) is 1.64. The summed E-state index contributed by atoms with van der Waals surface area (Å²) in [5.74, 6) is 0.768. The molecule has 0 aliphatic carbocycles. The highest BCUT2D eigenvalue weighted by molar-refractivity contribution is 5.71. The third-order valence-corrected chi connectivity index (χ3v) is 2.31. The molecule has 1 amide bonds. The van der Waals surface area contributed by atoms with E-state index in [1.165, 1.54) is 11.9 Å². The van der Waals surface area contributed by atoms with Gasteiger partial charge in [-0.15, -0.1) is 0 Å². The van der Waals surface area contributed by atoms with Crippen LogP contribution in [0.1, 0.15) is 12.5 Å². The predicted octanol–water partition coefficient (Wildman–Crippen LogP) is 2.71. The molecule has 4 heteroatoms. The van der Waals surface area contributed by atoms with Crippen molar-refractivity contribution in [3.8, 4) is 5.75 Å². The molecule has 0 aromatic heterocycles. The first-order chi connectivity index (χ1) is 8.04. The molecule has 0 aliphatic rings. The Labute approximate surface area is 101 Å². The number of likely N-dealkylation sites (N-methyl/N-ethyl adjacent to an activating group) is 1. The largest absolute Gasteiger partial charge is 0.494 e. The number of benzene rings is 1. The summed E-state index contributed by atoms with van der Waals surface area (Å²) in [6.45, 7) is 6.69. The molecule has 0 radical (unpaired) electrons. The van der Waals surface area contributed by atoms with E-state index in [1.54, 1.807) is 0 Å². The van der Waals surface area contributed by atoms with E-state index in [2.05, 4.69) is 6.58 Å². The molecule has 1 N–H and O–H groups in total. The molecular formula is C13H17NO3. The average Bonchev–Trinajstić information content (AvgIpc) is 2.29. The van der Waals surface area contributed by atoms with E-state index in [4.69, 9.17) is 9.84 Å². The van der Waals surface area contributed by atoms with Crippen LogP contribution >= 0.6 is 0 Å². The highest BCUT2D eigenvalue weighted by atomic mass is 16.5. The maximum atomic E-state index is 10.7. The summed E-state index contributed by atoms with van der Waals surface area (Å²) in [6, 6.07) is 7.48. The Hall–Kier alpha value is -1.97. The summed E-state index contributed by atoms with van der Waals surface area (Å²) < 4.78 is 5.38. The van der Waals surface area contributed by atoms with Crippen LogP contribution in [-0.4, -0.2) is 36.3 Å². The lowest BCUT2D eigenvalue weighted by atomic mass is 10.1. The lowest BCUT2D eigenvalue weighted by molar-refractivity contribution is 0.161. The summed E-state index contributed by atoms with van der Waals surface area (Å²) in [6.07, 6.45) is -0.966. The second-order valence-corrected chi connectivity index (χ2v) is 3.70. The molecule has 0 saturated carbocycles. The minimum absolute atomic E-state index is 0.283. The van der Waals surface area contributed by atoms with Crippen molar-refractivity contribution < 1.29 is 14.6 Å². The molecule has 0 unspecified atom stereocenters. The fourth-order valence-corrected chi connectivity index (χ4v) is 1.42. The van der Waals surface area contributed by atoms with Crippen molar-refractivity contribution >= 4 is 11.7 Å². The molecule has 0 heterocycles. The van der Waals surface area contributed by atoms with Gasteiger partial charge in [0.15, 0.2) is 0 Å². The number of carbonyl (C=O) groups is 1. The molecule has 92 valence electrons. The summed E-state index contributed by atoms with van der Waals surface area (Å²) in [4.78, 5) is 11.9. The van der Waals surface area contributed by atoms with E-state index in [-0.39, 0.29) is 6.54 Å². The smallest absolute Gasteiger partial charge is 0.407 e. The van der Waals surface area contributed by atoms with Gasteiger partial charge in [-0.2, -0.15) is 0 Å². The molecule has 1 rings (SSSR count). The first kappa shape index (κ1) is 13.1. The molecule has 0 fully saturated rings. The number of amides is 1. The number of ether oxygens (including phenoxy) is 1. The fraction of sp³-hybridized carbons (Fsp3) is 0.308. The Kier molecular flexibility index (Phi) is 4.57. The van der Waals surface area contributed by atoms with E-state index in [1.807, 2.05) is 31.2 Å². The third-order valence-electron chi connectivity index (χ3n) is 2.31. The predicted molar refractivity (Wildman–Crippen MR) is 67.3 cm³/mol. The minimum Gasteiger partial charge on any atom is -0.494 e. The zero-order valence-electron chi connectivity index (χ0n) is 10.1. The zero-order valence-corrected chi connectivity index (χ0v) is 10.1. The van der Waals surface area contributed by atoms with Crippen LogP contribution < -0.4 is 4.74 Å². The van der Waals surface area contributed by atoms with Gasteiger partial charge >= 0.3 is 6.09 Å².